The molecule has 2 aromatic rings. The Kier molecular flexibility index (Phi) is 3.87. The van der Waals surface area contributed by atoms with Gasteiger partial charge in [-0.3, -0.25) is 5.32 Å². The van der Waals surface area contributed by atoms with E-state index >= 15 is 0 Å². The van der Waals surface area contributed by atoms with E-state index in [-0.39, 0.29) is 6.10 Å². The highest BCUT2D eigenvalue weighted by Gasteiger charge is 2.09. The van der Waals surface area contributed by atoms with E-state index in [0.717, 1.165) is 20.9 Å². The maximum Gasteiger partial charge on any atom is 0.411 e. The van der Waals surface area contributed by atoms with Gasteiger partial charge >= 0.3 is 6.09 Å². The number of ether oxygens (including phenoxy) is 1. The van der Waals surface area contributed by atoms with E-state index in [9.17, 15) is 4.79 Å². The van der Waals surface area contributed by atoms with Crippen molar-refractivity contribution in [3.05, 3.63) is 40.9 Å². The first-order chi connectivity index (χ1) is 8.58. The molecule has 0 aliphatic carbocycles. The average molecular weight is 308 g/mol. The minimum atomic E-state index is -0.433. The van der Waals surface area contributed by atoms with Crippen LogP contribution < -0.4 is 5.32 Å². The highest BCUT2D eigenvalue weighted by molar-refractivity contribution is 9.10. The molecule has 2 rings (SSSR count). The van der Waals surface area contributed by atoms with Crippen LogP contribution in [-0.2, 0) is 4.74 Å². The number of carbonyl (C=O) groups excluding carboxylic acids is 1. The number of carbonyl (C=O) groups is 1. The molecule has 0 heterocycles. The first-order valence-corrected chi connectivity index (χ1v) is 6.52. The summed E-state index contributed by atoms with van der Waals surface area (Å²) in [7, 11) is 0. The Morgan fingerprint density at radius 2 is 1.83 bits per heavy atom. The second kappa shape index (κ2) is 5.40. The third-order valence-electron chi connectivity index (χ3n) is 2.45. The smallest absolute Gasteiger partial charge is 0.411 e. The summed E-state index contributed by atoms with van der Waals surface area (Å²) in [5, 5.41) is 4.80. The predicted molar refractivity (Wildman–Crippen MR) is 76.9 cm³/mol. The molecule has 0 bridgehead atoms. The highest BCUT2D eigenvalue weighted by Crippen LogP contribution is 2.29. The summed E-state index contributed by atoms with van der Waals surface area (Å²) in [5.41, 5.74) is 0.749. The molecule has 0 aliphatic rings. The number of halogens is 1. The second-order valence-corrected chi connectivity index (χ2v) is 5.07. The molecule has 94 valence electrons. The van der Waals surface area contributed by atoms with Crippen molar-refractivity contribution < 1.29 is 9.53 Å². The van der Waals surface area contributed by atoms with Crippen LogP contribution in [0.5, 0.6) is 0 Å². The van der Waals surface area contributed by atoms with E-state index in [0.29, 0.717) is 0 Å². The van der Waals surface area contributed by atoms with Crippen molar-refractivity contribution in [1.29, 1.82) is 0 Å². The van der Waals surface area contributed by atoms with Crippen LogP contribution in [0.2, 0.25) is 0 Å². The Hall–Kier alpha value is -1.55. The van der Waals surface area contributed by atoms with E-state index in [2.05, 4.69) is 21.2 Å². The molecule has 0 aromatic heterocycles. The number of hydrogen-bond acceptors (Lipinski definition) is 2. The lowest BCUT2D eigenvalue weighted by Crippen LogP contribution is -2.18. The molecule has 18 heavy (non-hydrogen) atoms. The zero-order valence-electron chi connectivity index (χ0n) is 10.2. The van der Waals surface area contributed by atoms with Gasteiger partial charge in [-0.2, -0.15) is 0 Å². The number of amides is 1. The lowest BCUT2D eigenvalue weighted by molar-refractivity contribution is 0.130. The van der Waals surface area contributed by atoms with Crippen molar-refractivity contribution in [2.75, 3.05) is 5.32 Å². The third kappa shape index (κ3) is 2.82. The van der Waals surface area contributed by atoms with Crippen LogP contribution in [0, 0.1) is 0 Å². The van der Waals surface area contributed by atoms with Gasteiger partial charge in [-0.05, 0) is 31.4 Å². The van der Waals surface area contributed by atoms with Crippen LogP contribution in [0.1, 0.15) is 13.8 Å². The van der Waals surface area contributed by atoms with Crippen molar-refractivity contribution in [3.63, 3.8) is 0 Å². The molecule has 3 nitrogen and oxygen atoms in total. The van der Waals surface area contributed by atoms with E-state index in [1.165, 1.54) is 0 Å². The monoisotopic (exact) mass is 307 g/mol. The zero-order valence-corrected chi connectivity index (χ0v) is 11.8. The zero-order chi connectivity index (χ0) is 13.1. The number of nitrogens with one attached hydrogen (secondary N) is 1. The fourth-order valence-corrected chi connectivity index (χ4v) is 2.20. The quantitative estimate of drug-likeness (QED) is 0.883. The maximum absolute atomic E-state index is 11.6. The molecule has 0 radical (unpaired) electrons. The number of fused-ring (bicyclic) bond motifs is 1. The molecular weight excluding hydrogens is 294 g/mol. The molecule has 2 aromatic carbocycles. The fraction of sp³-hybridized carbons (Fsp3) is 0.214. The molecule has 0 saturated carbocycles. The topological polar surface area (TPSA) is 38.3 Å². The molecule has 0 unspecified atom stereocenters. The van der Waals surface area contributed by atoms with Gasteiger partial charge in [-0.1, -0.05) is 40.2 Å². The molecule has 0 fully saturated rings. The fourth-order valence-electron chi connectivity index (χ4n) is 1.72. The SMILES string of the molecule is CC(C)OC(=O)Nc1ccc(Br)c2ccccc12. The third-order valence-corrected chi connectivity index (χ3v) is 3.14. The minimum absolute atomic E-state index is 0.133. The summed E-state index contributed by atoms with van der Waals surface area (Å²) in [4.78, 5) is 11.6. The van der Waals surface area contributed by atoms with Crippen molar-refractivity contribution in [1.82, 2.24) is 0 Å². The van der Waals surface area contributed by atoms with E-state index < -0.39 is 6.09 Å². The van der Waals surface area contributed by atoms with Gasteiger partial charge in [0.25, 0.3) is 0 Å². The van der Waals surface area contributed by atoms with E-state index in [1.54, 1.807) is 0 Å². The Balaban J connectivity index is 2.34. The van der Waals surface area contributed by atoms with Crippen LogP contribution in [-0.4, -0.2) is 12.2 Å². The largest absolute Gasteiger partial charge is 0.447 e. The second-order valence-electron chi connectivity index (χ2n) is 4.22. The van der Waals surface area contributed by atoms with Gasteiger partial charge in [0.05, 0.1) is 11.8 Å². The van der Waals surface area contributed by atoms with Gasteiger partial charge in [0.15, 0.2) is 0 Å². The maximum atomic E-state index is 11.6. The summed E-state index contributed by atoms with van der Waals surface area (Å²) in [6.07, 6.45) is -0.566. The summed E-state index contributed by atoms with van der Waals surface area (Å²) in [6, 6.07) is 11.6. The average Bonchev–Trinajstić information content (AvgIpc) is 2.32. The van der Waals surface area contributed by atoms with Crippen molar-refractivity contribution in [3.8, 4) is 0 Å². The lowest BCUT2D eigenvalue weighted by atomic mass is 10.1. The van der Waals surface area contributed by atoms with Crippen molar-refractivity contribution in [2.45, 2.75) is 20.0 Å². The van der Waals surface area contributed by atoms with Crippen molar-refractivity contribution in [2.24, 2.45) is 0 Å². The normalized spacial score (nSPS) is 10.7. The molecule has 0 atom stereocenters. The standard InChI is InChI=1S/C14H14BrNO2/c1-9(2)18-14(17)16-13-8-7-12(15)10-5-3-4-6-11(10)13/h3-9H,1-2H3,(H,16,17). The molecule has 0 aliphatic heterocycles. The molecule has 1 amide bonds. The molecular formula is C14H14BrNO2. The van der Waals surface area contributed by atoms with Crippen LogP contribution in [0.25, 0.3) is 10.8 Å². The van der Waals surface area contributed by atoms with Crippen molar-refractivity contribution >= 4 is 38.5 Å². The number of anilines is 1. The first kappa shape index (κ1) is 12.9. The summed E-state index contributed by atoms with van der Waals surface area (Å²) in [6.45, 7) is 3.64. The molecule has 4 heteroatoms. The Labute approximate surface area is 114 Å². The molecule has 0 saturated heterocycles. The van der Waals surface area contributed by atoms with E-state index in [4.69, 9.17) is 4.74 Å². The van der Waals surface area contributed by atoms with Gasteiger partial charge in [-0.25, -0.2) is 4.79 Å². The minimum Gasteiger partial charge on any atom is -0.447 e. The van der Waals surface area contributed by atoms with Gasteiger partial charge in [0, 0.05) is 9.86 Å². The van der Waals surface area contributed by atoms with Gasteiger partial charge in [0.1, 0.15) is 0 Å². The Morgan fingerprint density at radius 1 is 1.17 bits per heavy atom. The number of hydrogen-bond donors (Lipinski definition) is 1. The summed E-state index contributed by atoms with van der Waals surface area (Å²) in [5.74, 6) is 0. The highest BCUT2D eigenvalue weighted by atomic mass is 79.9. The van der Waals surface area contributed by atoms with Crippen LogP contribution >= 0.6 is 15.9 Å². The number of rotatable bonds is 2. The van der Waals surface area contributed by atoms with Gasteiger partial charge < -0.3 is 4.74 Å². The lowest BCUT2D eigenvalue weighted by Gasteiger charge is -2.12. The van der Waals surface area contributed by atoms with Crippen LogP contribution in [0.15, 0.2) is 40.9 Å². The first-order valence-electron chi connectivity index (χ1n) is 5.73. The molecule has 0 spiro atoms. The van der Waals surface area contributed by atoms with E-state index in [1.807, 2.05) is 50.2 Å². The van der Waals surface area contributed by atoms with Crippen LogP contribution in [0.4, 0.5) is 10.5 Å². The number of benzene rings is 2. The summed E-state index contributed by atoms with van der Waals surface area (Å²) < 4.78 is 6.07. The van der Waals surface area contributed by atoms with Gasteiger partial charge in [0.2, 0.25) is 0 Å². The van der Waals surface area contributed by atoms with Crippen LogP contribution in [0.3, 0.4) is 0 Å². The Bertz CT molecular complexity index is 581. The molecule has 1 N–H and O–H groups in total. The summed E-state index contributed by atoms with van der Waals surface area (Å²) >= 11 is 3.49. The Morgan fingerprint density at radius 3 is 2.50 bits per heavy atom. The predicted octanol–water partition coefficient (Wildman–Crippen LogP) is 4.56. The van der Waals surface area contributed by atoms with Gasteiger partial charge in [-0.15, -0.1) is 0 Å².